The van der Waals surface area contributed by atoms with Crippen LogP contribution in [0.5, 0.6) is 5.75 Å². The Hall–Kier alpha value is -1.02. The van der Waals surface area contributed by atoms with E-state index in [9.17, 15) is 0 Å². The second-order valence-corrected chi connectivity index (χ2v) is 4.87. The quantitative estimate of drug-likeness (QED) is 0.824. The maximum absolute atomic E-state index is 6.01. The zero-order valence-corrected chi connectivity index (χ0v) is 10.1. The monoisotopic (exact) mass is 207 g/mol. The summed E-state index contributed by atoms with van der Waals surface area (Å²) in [6, 6.07) is 8.19. The number of methoxy groups -OCH3 is 1. The first kappa shape index (κ1) is 12.1. The summed E-state index contributed by atoms with van der Waals surface area (Å²) in [5, 5.41) is 0. The minimum atomic E-state index is -0.123. The van der Waals surface area contributed by atoms with Gasteiger partial charge in [0.15, 0.2) is 0 Å². The summed E-state index contributed by atoms with van der Waals surface area (Å²) in [6.45, 7) is 6.32. The van der Waals surface area contributed by atoms with Gasteiger partial charge in [-0.05, 0) is 43.9 Å². The van der Waals surface area contributed by atoms with Crippen LogP contribution in [-0.2, 0) is 0 Å². The first-order valence-electron chi connectivity index (χ1n) is 5.35. The fraction of sp³-hybridized carbons (Fsp3) is 0.538. The Balaban J connectivity index is 2.77. The number of rotatable bonds is 4. The summed E-state index contributed by atoms with van der Waals surface area (Å²) >= 11 is 0. The predicted octanol–water partition coefficient (Wildman–Crippen LogP) is 2.93. The van der Waals surface area contributed by atoms with Crippen molar-refractivity contribution in [2.75, 3.05) is 7.11 Å². The van der Waals surface area contributed by atoms with Crippen LogP contribution in [0.4, 0.5) is 0 Å². The Morgan fingerprint density at radius 1 is 1.40 bits per heavy atom. The van der Waals surface area contributed by atoms with Gasteiger partial charge in [-0.15, -0.1) is 0 Å². The van der Waals surface area contributed by atoms with E-state index in [1.807, 2.05) is 12.1 Å². The predicted molar refractivity (Wildman–Crippen MR) is 64.3 cm³/mol. The van der Waals surface area contributed by atoms with Crippen molar-refractivity contribution in [1.29, 1.82) is 0 Å². The van der Waals surface area contributed by atoms with Crippen LogP contribution in [0.3, 0.4) is 0 Å². The molecule has 1 unspecified atom stereocenters. The van der Waals surface area contributed by atoms with Crippen LogP contribution in [0.2, 0.25) is 0 Å². The van der Waals surface area contributed by atoms with Gasteiger partial charge in [-0.2, -0.15) is 0 Å². The first-order valence-corrected chi connectivity index (χ1v) is 5.35. The first-order chi connectivity index (χ1) is 6.92. The highest BCUT2D eigenvalue weighted by Crippen LogP contribution is 2.26. The normalized spacial score (nSPS) is 13.7. The van der Waals surface area contributed by atoms with E-state index < -0.39 is 0 Å². The molecule has 0 aromatic heterocycles. The van der Waals surface area contributed by atoms with Crippen LogP contribution in [0.25, 0.3) is 0 Å². The molecule has 2 N–H and O–H groups in total. The lowest BCUT2D eigenvalue weighted by Crippen LogP contribution is -2.33. The molecule has 0 saturated carbocycles. The van der Waals surface area contributed by atoms with Gasteiger partial charge in [0, 0.05) is 5.54 Å². The Morgan fingerprint density at radius 3 is 2.60 bits per heavy atom. The summed E-state index contributed by atoms with van der Waals surface area (Å²) in [5.41, 5.74) is 7.18. The lowest BCUT2D eigenvalue weighted by Gasteiger charge is -2.23. The second-order valence-electron chi connectivity index (χ2n) is 4.87. The molecular weight excluding hydrogens is 186 g/mol. The maximum Gasteiger partial charge on any atom is 0.119 e. The Labute approximate surface area is 92.4 Å². The lowest BCUT2D eigenvalue weighted by atomic mass is 9.88. The van der Waals surface area contributed by atoms with Gasteiger partial charge in [0.25, 0.3) is 0 Å². The van der Waals surface area contributed by atoms with Crippen molar-refractivity contribution in [3.8, 4) is 5.75 Å². The van der Waals surface area contributed by atoms with E-state index in [1.165, 1.54) is 5.56 Å². The molecule has 1 aromatic carbocycles. The third-order valence-corrected chi connectivity index (χ3v) is 2.50. The number of nitrogens with two attached hydrogens (primary N) is 1. The molecule has 0 saturated heterocycles. The molecule has 0 aliphatic heterocycles. The van der Waals surface area contributed by atoms with Crippen LogP contribution < -0.4 is 10.5 Å². The zero-order chi connectivity index (χ0) is 11.5. The molecule has 2 heteroatoms. The van der Waals surface area contributed by atoms with E-state index >= 15 is 0 Å². The van der Waals surface area contributed by atoms with Crippen molar-refractivity contribution in [2.24, 2.45) is 5.73 Å². The van der Waals surface area contributed by atoms with Gasteiger partial charge in [0.05, 0.1) is 7.11 Å². The summed E-state index contributed by atoms with van der Waals surface area (Å²) in [7, 11) is 1.69. The van der Waals surface area contributed by atoms with E-state index in [-0.39, 0.29) is 5.54 Å². The Morgan fingerprint density at radius 2 is 2.07 bits per heavy atom. The second kappa shape index (κ2) is 4.67. The molecule has 84 valence electrons. The van der Waals surface area contributed by atoms with Gasteiger partial charge < -0.3 is 10.5 Å². The fourth-order valence-electron chi connectivity index (χ4n) is 1.86. The van der Waals surface area contributed by atoms with Crippen LogP contribution in [-0.4, -0.2) is 12.6 Å². The molecule has 0 aliphatic carbocycles. The average Bonchev–Trinajstić information content (AvgIpc) is 2.15. The third-order valence-electron chi connectivity index (χ3n) is 2.50. The van der Waals surface area contributed by atoms with Crippen LogP contribution in [0.15, 0.2) is 24.3 Å². The number of ether oxygens (including phenoxy) is 1. The van der Waals surface area contributed by atoms with Crippen molar-refractivity contribution in [2.45, 2.75) is 38.6 Å². The van der Waals surface area contributed by atoms with E-state index in [0.717, 1.165) is 12.2 Å². The molecular formula is C13H21NO. The molecule has 1 aromatic rings. The standard InChI is InChI=1S/C13H21NO/c1-10(9-13(2,3)14)11-6-5-7-12(8-11)15-4/h5-8,10H,9,14H2,1-4H3. The smallest absolute Gasteiger partial charge is 0.119 e. The fourth-order valence-corrected chi connectivity index (χ4v) is 1.86. The third kappa shape index (κ3) is 3.92. The van der Waals surface area contributed by atoms with Crippen LogP contribution >= 0.6 is 0 Å². The average molecular weight is 207 g/mol. The molecule has 0 spiro atoms. The molecule has 0 bridgehead atoms. The Bertz CT molecular complexity index is 315. The van der Waals surface area contributed by atoms with Crippen molar-refractivity contribution in [1.82, 2.24) is 0 Å². The van der Waals surface area contributed by atoms with E-state index in [4.69, 9.17) is 10.5 Å². The molecule has 0 radical (unpaired) electrons. The zero-order valence-electron chi connectivity index (χ0n) is 10.1. The van der Waals surface area contributed by atoms with Gasteiger partial charge in [-0.25, -0.2) is 0 Å². The molecule has 1 atom stereocenters. The van der Waals surface area contributed by atoms with Gasteiger partial charge >= 0.3 is 0 Å². The van der Waals surface area contributed by atoms with Crippen LogP contribution in [0, 0.1) is 0 Å². The van der Waals surface area contributed by atoms with Gasteiger partial charge in [0.1, 0.15) is 5.75 Å². The Kier molecular flexibility index (Phi) is 3.75. The molecule has 2 nitrogen and oxygen atoms in total. The van der Waals surface area contributed by atoms with E-state index in [1.54, 1.807) is 7.11 Å². The van der Waals surface area contributed by atoms with Gasteiger partial charge in [-0.3, -0.25) is 0 Å². The summed E-state index contributed by atoms with van der Waals surface area (Å²) in [4.78, 5) is 0. The SMILES string of the molecule is COc1cccc(C(C)CC(C)(C)N)c1. The maximum atomic E-state index is 6.01. The molecule has 0 fully saturated rings. The summed E-state index contributed by atoms with van der Waals surface area (Å²) < 4.78 is 5.20. The van der Waals surface area contributed by atoms with Crippen molar-refractivity contribution in [3.05, 3.63) is 29.8 Å². The minimum Gasteiger partial charge on any atom is -0.497 e. The van der Waals surface area contributed by atoms with E-state index in [2.05, 4.69) is 32.9 Å². The van der Waals surface area contributed by atoms with Crippen molar-refractivity contribution < 1.29 is 4.74 Å². The summed E-state index contributed by atoms with van der Waals surface area (Å²) in [6.07, 6.45) is 0.972. The summed E-state index contributed by atoms with van der Waals surface area (Å²) in [5.74, 6) is 1.37. The van der Waals surface area contributed by atoms with Crippen LogP contribution in [0.1, 0.15) is 38.7 Å². The molecule has 1 rings (SSSR count). The highest BCUT2D eigenvalue weighted by molar-refractivity contribution is 5.30. The number of benzene rings is 1. The lowest BCUT2D eigenvalue weighted by molar-refractivity contribution is 0.410. The molecule has 0 heterocycles. The molecule has 15 heavy (non-hydrogen) atoms. The van der Waals surface area contributed by atoms with E-state index in [0.29, 0.717) is 5.92 Å². The number of hydrogen-bond donors (Lipinski definition) is 1. The molecule has 0 amide bonds. The number of hydrogen-bond acceptors (Lipinski definition) is 2. The van der Waals surface area contributed by atoms with Gasteiger partial charge in [0.2, 0.25) is 0 Å². The van der Waals surface area contributed by atoms with Crippen molar-refractivity contribution in [3.63, 3.8) is 0 Å². The topological polar surface area (TPSA) is 35.2 Å². The largest absolute Gasteiger partial charge is 0.497 e. The highest BCUT2D eigenvalue weighted by atomic mass is 16.5. The van der Waals surface area contributed by atoms with Crippen molar-refractivity contribution >= 4 is 0 Å². The highest BCUT2D eigenvalue weighted by Gasteiger charge is 2.17. The minimum absolute atomic E-state index is 0.123. The molecule has 0 aliphatic rings. The van der Waals surface area contributed by atoms with Gasteiger partial charge in [-0.1, -0.05) is 19.1 Å².